The molecule has 0 bridgehead atoms. The van der Waals surface area contributed by atoms with E-state index in [-0.39, 0.29) is 0 Å². The van der Waals surface area contributed by atoms with Crippen LogP contribution in [0.1, 0.15) is 89.2 Å². The van der Waals surface area contributed by atoms with Crippen molar-refractivity contribution in [3.8, 4) is 23.7 Å². The maximum atomic E-state index is 3.67. The molecular weight excluding hydrogens is 520 g/mol. The van der Waals surface area contributed by atoms with Crippen LogP contribution < -0.4 is 0 Å². The predicted molar refractivity (Wildman–Crippen MR) is 148 cm³/mol. The second kappa shape index (κ2) is 13.1. The zero-order chi connectivity index (χ0) is 22.8. The zero-order valence-corrected chi connectivity index (χ0v) is 22.5. The molecule has 0 heterocycles. The molecule has 166 valence electrons. The topological polar surface area (TPSA) is 0 Å². The molecule has 0 aromatic heterocycles. The van der Waals surface area contributed by atoms with Gasteiger partial charge in [0.25, 0.3) is 0 Å². The molecule has 0 atom stereocenters. The molecular formula is C30H32Br2. The summed E-state index contributed by atoms with van der Waals surface area (Å²) in [5.41, 5.74) is 2.24. The third-order valence-electron chi connectivity index (χ3n) is 5.78. The average Bonchev–Trinajstić information content (AvgIpc) is 2.79. The number of halogens is 2. The molecule has 0 saturated carbocycles. The van der Waals surface area contributed by atoms with Crippen LogP contribution in [0.3, 0.4) is 0 Å². The van der Waals surface area contributed by atoms with Crippen LogP contribution in [0.15, 0.2) is 45.3 Å². The third kappa shape index (κ3) is 6.63. The van der Waals surface area contributed by atoms with E-state index in [1.165, 1.54) is 72.9 Å². The van der Waals surface area contributed by atoms with Crippen molar-refractivity contribution in [2.75, 3.05) is 0 Å². The van der Waals surface area contributed by atoms with E-state index in [2.05, 4.69) is 106 Å². The van der Waals surface area contributed by atoms with Gasteiger partial charge in [0.2, 0.25) is 0 Å². The first-order valence-corrected chi connectivity index (χ1v) is 13.6. The minimum Gasteiger partial charge on any atom is -0.0978 e. The van der Waals surface area contributed by atoms with Crippen LogP contribution in [0.4, 0.5) is 0 Å². The number of unbranched alkanes of at least 4 members (excludes halogenated alkanes) is 8. The van der Waals surface area contributed by atoms with Gasteiger partial charge in [0.05, 0.1) is 0 Å². The van der Waals surface area contributed by atoms with Gasteiger partial charge in [-0.3, -0.25) is 0 Å². The highest BCUT2D eigenvalue weighted by atomic mass is 79.9. The summed E-state index contributed by atoms with van der Waals surface area (Å²) in [5, 5.41) is 4.75. The Morgan fingerprint density at radius 1 is 0.562 bits per heavy atom. The van der Waals surface area contributed by atoms with Crippen LogP contribution in [-0.2, 0) is 0 Å². The molecule has 0 amide bonds. The van der Waals surface area contributed by atoms with Crippen LogP contribution in [0.25, 0.3) is 21.5 Å². The third-order valence-corrected chi connectivity index (χ3v) is 6.76. The summed E-state index contributed by atoms with van der Waals surface area (Å²) in [6.45, 7) is 4.49. The SMILES string of the molecule is CCCCCCC#Cc1c2ccc(Br)cc2c(C#CCCCCCC)c2ccc(Br)cc12. The second-order valence-corrected chi connectivity index (χ2v) is 10.2. The maximum absolute atomic E-state index is 3.67. The van der Waals surface area contributed by atoms with E-state index < -0.39 is 0 Å². The highest BCUT2D eigenvalue weighted by Crippen LogP contribution is 2.35. The van der Waals surface area contributed by atoms with E-state index in [0.29, 0.717) is 0 Å². The van der Waals surface area contributed by atoms with Crippen LogP contribution in [0.2, 0.25) is 0 Å². The Morgan fingerprint density at radius 3 is 1.41 bits per heavy atom. The van der Waals surface area contributed by atoms with Crippen molar-refractivity contribution in [3.63, 3.8) is 0 Å². The summed E-state index contributed by atoms with van der Waals surface area (Å²) in [6.07, 6.45) is 11.9. The van der Waals surface area contributed by atoms with E-state index in [0.717, 1.165) is 32.9 Å². The van der Waals surface area contributed by atoms with Gasteiger partial charge < -0.3 is 0 Å². The summed E-state index contributed by atoms with van der Waals surface area (Å²) in [6, 6.07) is 13.0. The lowest BCUT2D eigenvalue weighted by atomic mass is 9.92. The Kier molecular flexibility index (Phi) is 10.2. The van der Waals surface area contributed by atoms with Crippen molar-refractivity contribution in [2.24, 2.45) is 0 Å². The van der Waals surface area contributed by atoms with E-state index in [1.807, 2.05) is 0 Å². The molecule has 0 unspecified atom stereocenters. The highest BCUT2D eigenvalue weighted by Gasteiger charge is 2.13. The van der Waals surface area contributed by atoms with E-state index in [1.54, 1.807) is 0 Å². The summed E-state index contributed by atoms with van der Waals surface area (Å²) in [5.74, 6) is 14.0. The lowest BCUT2D eigenvalue weighted by molar-refractivity contribution is 0.679. The number of benzene rings is 3. The predicted octanol–water partition coefficient (Wildman–Crippen LogP) is 10.2. The minimum atomic E-state index is 0.951. The molecule has 0 saturated heterocycles. The Hall–Kier alpha value is -1.74. The molecule has 0 aliphatic heterocycles. The van der Waals surface area contributed by atoms with Gasteiger partial charge in [-0.25, -0.2) is 0 Å². The Labute approximate surface area is 210 Å². The quantitative estimate of drug-likeness (QED) is 0.148. The highest BCUT2D eigenvalue weighted by molar-refractivity contribution is 9.10. The lowest BCUT2D eigenvalue weighted by Gasteiger charge is -2.12. The fraction of sp³-hybridized carbons (Fsp3) is 0.400. The molecule has 32 heavy (non-hydrogen) atoms. The van der Waals surface area contributed by atoms with Crippen LogP contribution in [0.5, 0.6) is 0 Å². The minimum absolute atomic E-state index is 0.951. The molecule has 0 nitrogen and oxygen atoms in total. The smallest absolute Gasteiger partial charge is 0.0403 e. The zero-order valence-electron chi connectivity index (χ0n) is 19.3. The molecule has 3 rings (SSSR count). The monoisotopic (exact) mass is 550 g/mol. The molecule has 0 spiro atoms. The summed E-state index contributed by atoms with van der Waals surface area (Å²) >= 11 is 7.35. The first-order valence-electron chi connectivity index (χ1n) is 12.0. The second-order valence-electron chi connectivity index (χ2n) is 8.35. The number of rotatable bonds is 8. The first-order chi connectivity index (χ1) is 15.7. The summed E-state index contributed by atoms with van der Waals surface area (Å²) in [7, 11) is 0. The van der Waals surface area contributed by atoms with Crippen molar-refractivity contribution in [2.45, 2.75) is 78.1 Å². The van der Waals surface area contributed by atoms with E-state index >= 15 is 0 Å². The Balaban J connectivity index is 2.09. The van der Waals surface area contributed by atoms with Gasteiger partial charge in [0.15, 0.2) is 0 Å². The number of hydrogen-bond donors (Lipinski definition) is 0. The van der Waals surface area contributed by atoms with Gasteiger partial charge >= 0.3 is 0 Å². The van der Waals surface area contributed by atoms with Crippen LogP contribution in [0, 0.1) is 23.7 Å². The molecule has 0 fully saturated rings. The normalized spacial score (nSPS) is 10.6. The number of fused-ring (bicyclic) bond motifs is 2. The van der Waals surface area contributed by atoms with Crippen molar-refractivity contribution in [1.82, 2.24) is 0 Å². The van der Waals surface area contributed by atoms with Crippen LogP contribution >= 0.6 is 31.9 Å². The van der Waals surface area contributed by atoms with Gasteiger partial charge in [0, 0.05) is 43.7 Å². The largest absolute Gasteiger partial charge is 0.0978 e. The van der Waals surface area contributed by atoms with E-state index in [9.17, 15) is 0 Å². The van der Waals surface area contributed by atoms with Gasteiger partial charge in [0.1, 0.15) is 0 Å². The number of hydrogen-bond acceptors (Lipinski definition) is 0. The van der Waals surface area contributed by atoms with Gasteiger partial charge in [-0.1, -0.05) is 120 Å². The van der Waals surface area contributed by atoms with Crippen molar-refractivity contribution in [3.05, 3.63) is 56.5 Å². The molecule has 0 N–H and O–H groups in total. The Morgan fingerprint density at radius 2 is 1.00 bits per heavy atom. The molecule has 0 radical (unpaired) electrons. The van der Waals surface area contributed by atoms with Crippen molar-refractivity contribution in [1.29, 1.82) is 0 Å². The maximum Gasteiger partial charge on any atom is 0.0403 e. The fourth-order valence-electron chi connectivity index (χ4n) is 4.02. The molecule has 2 heteroatoms. The standard InChI is InChI=1S/C30H32Br2/c1-3-5-7-9-11-13-15-25-27-19-17-24(32)22-30(27)26(16-14-12-10-8-6-4-2)28-20-18-23(31)21-29(25)28/h17-22H,3-12H2,1-2H3. The van der Waals surface area contributed by atoms with Crippen LogP contribution in [-0.4, -0.2) is 0 Å². The fourth-order valence-corrected chi connectivity index (χ4v) is 4.75. The molecule has 0 aliphatic carbocycles. The first kappa shape index (κ1) is 24.9. The molecule has 3 aromatic carbocycles. The molecule has 3 aromatic rings. The van der Waals surface area contributed by atoms with Gasteiger partial charge in [-0.2, -0.15) is 0 Å². The van der Waals surface area contributed by atoms with Crippen molar-refractivity contribution < 1.29 is 0 Å². The average molecular weight is 552 g/mol. The van der Waals surface area contributed by atoms with Gasteiger partial charge in [-0.05, 0) is 47.9 Å². The van der Waals surface area contributed by atoms with E-state index in [4.69, 9.17) is 0 Å². The summed E-state index contributed by atoms with van der Waals surface area (Å²) in [4.78, 5) is 0. The van der Waals surface area contributed by atoms with Crippen molar-refractivity contribution >= 4 is 53.4 Å². The summed E-state index contributed by atoms with van der Waals surface area (Å²) < 4.78 is 2.15. The Bertz CT molecular complexity index is 1090. The molecule has 0 aliphatic rings. The van der Waals surface area contributed by atoms with Gasteiger partial charge in [-0.15, -0.1) is 0 Å². The lowest BCUT2D eigenvalue weighted by Crippen LogP contribution is -1.91.